The summed E-state index contributed by atoms with van der Waals surface area (Å²) < 4.78 is 1.79. The lowest BCUT2D eigenvalue weighted by atomic mass is 9.89. The maximum absolute atomic E-state index is 12.3. The zero-order chi connectivity index (χ0) is 14.5. The van der Waals surface area contributed by atoms with Gasteiger partial charge in [-0.15, -0.1) is 0 Å². The largest absolute Gasteiger partial charge is 0.342 e. The van der Waals surface area contributed by atoms with E-state index in [1.807, 2.05) is 0 Å². The van der Waals surface area contributed by atoms with Gasteiger partial charge < -0.3 is 10.2 Å². The molecule has 3 rings (SSSR count). The molecule has 0 bridgehead atoms. The van der Waals surface area contributed by atoms with Crippen LogP contribution in [-0.2, 0) is 11.3 Å². The molecule has 6 nitrogen and oxygen atoms in total. The van der Waals surface area contributed by atoms with Gasteiger partial charge in [-0.25, -0.2) is 4.98 Å². The van der Waals surface area contributed by atoms with Gasteiger partial charge in [-0.05, 0) is 38.1 Å². The molecule has 1 aromatic rings. The van der Waals surface area contributed by atoms with Gasteiger partial charge in [0.2, 0.25) is 5.91 Å². The number of aryl methyl sites for hydroxylation is 1. The van der Waals surface area contributed by atoms with Crippen LogP contribution in [0.4, 0.5) is 0 Å². The van der Waals surface area contributed by atoms with Crippen LogP contribution in [0.1, 0.15) is 38.5 Å². The summed E-state index contributed by atoms with van der Waals surface area (Å²) in [5.41, 5.74) is 0. The highest BCUT2D eigenvalue weighted by Crippen LogP contribution is 2.25. The molecule has 2 atom stereocenters. The number of likely N-dealkylation sites (tertiary alicyclic amines) is 1. The van der Waals surface area contributed by atoms with E-state index in [0.717, 1.165) is 39.0 Å². The second kappa shape index (κ2) is 7.02. The molecule has 1 amide bonds. The minimum atomic E-state index is 0.304. The van der Waals surface area contributed by atoms with Crippen LogP contribution in [0.5, 0.6) is 0 Å². The van der Waals surface area contributed by atoms with Crippen LogP contribution in [0.15, 0.2) is 12.7 Å². The van der Waals surface area contributed by atoms with Crippen LogP contribution in [0.25, 0.3) is 0 Å². The first kappa shape index (κ1) is 14.5. The highest BCUT2D eigenvalue weighted by Gasteiger charge is 2.31. The molecule has 1 aromatic heterocycles. The molecule has 1 N–H and O–H groups in total. The average molecular weight is 291 g/mol. The molecule has 0 radical (unpaired) electrons. The van der Waals surface area contributed by atoms with Crippen molar-refractivity contribution < 1.29 is 4.79 Å². The predicted molar refractivity (Wildman–Crippen MR) is 79.6 cm³/mol. The molecule has 6 heteroatoms. The van der Waals surface area contributed by atoms with E-state index in [9.17, 15) is 4.79 Å². The standard InChI is InChI=1S/C15H25N5O/c21-15(5-3-8-20-12-16-11-18-20)19-9-6-14-13(10-19)4-1-2-7-17-14/h11-14,17H,1-10H2/t13-,14-/m1/s1. The van der Waals surface area contributed by atoms with Crippen LogP contribution in [0.3, 0.4) is 0 Å². The third-order valence-electron chi connectivity index (χ3n) is 4.74. The molecular weight excluding hydrogens is 266 g/mol. The van der Waals surface area contributed by atoms with Crippen molar-refractivity contribution >= 4 is 5.91 Å². The quantitative estimate of drug-likeness (QED) is 0.900. The van der Waals surface area contributed by atoms with Crippen LogP contribution in [-0.4, -0.2) is 51.2 Å². The highest BCUT2D eigenvalue weighted by atomic mass is 16.2. The van der Waals surface area contributed by atoms with E-state index in [2.05, 4.69) is 20.3 Å². The van der Waals surface area contributed by atoms with E-state index >= 15 is 0 Å². The molecule has 0 aromatic carbocycles. The molecule has 2 fully saturated rings. The summed E-state index contributed by atoms with van der Waals surface area (Å²) in [7, 11) is 0. The molecular formula is C15H25N5O. The van der Waals surface area contributed by atoms with Crippen LogP contribution < -0.4 is 5.32 Å². The summed E-state index contributed by atoms with van der Waals surface area (Å²) >= 11 is 0. The minimum absolute atomic E-state index is 0.304. The second-order valence-electron chi connectivity index (χ2n) is 6.21. The van der Waals surface area contributed by atoms with Gasteiger partial charge >= 0.3 is 0 Å². The molecule has 3 heterocycles. The van der Waals surface area contributed by atoms with Gasteiger partial charge in [0.25, 0.3) is 0 Å². The number of nitrogens with one attached hydrogen (secondary N) is 1. The summed E-state index contributed by atoms with van der Waals surface area (Å²) in [6.07, 6.45) is 9.63. The average Bonchev–Trinajstić information content (AvgIpc) is 2.90. The van der Waals surface area contributed by atoms with E-state index in [1.165, 1.54) is 25.6 Å². The number of hydrogen-bond donors (Lipinski definition) is 1. The Balaban J connectivity index is 1.44. The number of carbonyl (C=O) groups is 1. The third kappa shape index (κ3) is 3.81. The number of carbonyl (C=O) groups excluding carboxylic acids is 1. The van der Waals surface area contributed by atoms with Crippen molar-refractivity contribution in [1.82, 2.24) is 25.0 Å². The van der Waals surface area contributed by atoms with Gasteiger partial charge in [-0.3, -0.25) is 9.48 Å². The normalized spacial score (nSPS) is 26.2. The van der Waals surface area contributed by atoms with Crippen molar-refractivity contribution in [2.45, 2.75) is 51.1 Å². The van der Waals surface area contributed by atoms with Crippen LogP contribution in [0, 0.1) is 5.92 Å². The number of hydrogen-bond acceptors (Lipinski definition) is 4. The fourth-order valence-electron chi connectivity index (χ4n) is 3.54. The summed E-state index contributed by atoms with van der Waals surface area (Å²) in [5.74, 6) is 0.957. The minimum Gasteiger partial charge on any atom is -0.342 e. The Kier molecular flexibility index (Phi) is 4.85. The van der Waals surface area contributed by atoms with Crippen molar-refractivity contribution in [3.63, 3.8) is 0 Å². The summed E-state index contributed by atoms with van der Waals surface area (Å²) in [6.45, 7) is 3.77. The number of aromatic nitrogens is 3. The molecule has 116 valence electrons. The number of rotatable bonds is 4. The van der Waals surface area contributed by atoms with E-state index in [-0.39, 0.29) is 0 Å². The summed E-state index contributed by atoms with van der Waals surface area (Å²) in [4.78, 5) is 18.3. The van der Waals surface area contributed by atoms with Gasteiger partial charge in [0, 0.05) is 32.1 Å². The Labute approximate surface area is 125 Å². The Morgan fingerprint density at radius 1 is 1.33 bits per heavy atom. The summed E-state index contributed by atoms with van der Waals surface area (Å²) in [6, 6.07) is 0.631. The Hall–Kier alpha value is -1.43. The number of piperidine rings is 1. The molecule has 0 aliphatic carbocycles. The Morgan fingerprint density at radius 2 is 2.29 bits per heavy atom. The van der Waals surface area contributed by atoms with E-state index < -0.39 is 0 Å². The maximum atomic E-state index is 12.3. The number of nitrogens with zero attached hydrogens (tertiary/aromatic N) is 4. The zero-order valence-corrected chi connectivity index (χ0v) is 12.6. The van der Waals surface area contributed by atoms with Gasteiger partial charge in [0.05, 0.1) is 0 Å². The van der Waals surface area contributed by atoms with Crippen molar-refractivity contribution in [2.24, 2.45) is 5.92 Å². The highest BCUT2D eigenvalue weighted by molar-refractivity contribution is 5.76. The van der Waals surface area contributed by atoms with E-state index in [0.29, 0.717) is 24.3 Å². The topological polar surface area (TPSA) is 63.1 Å². The second-order valence-corrected chi connectivity index (χ2v) is 6.21. The van der Waals surface area contributed by atoms with Crippen molar-refractivity contribution in [3.8, 4) is 0 Å². The maximum Gasteiger partial charge on any atom is 0.222 e. The Morgan fingerprint density at radius 3 is 3.14 bits per heavy atom. The van der Waals surface area contributed by atoms with Crippen molar-refractivity contribution in [3.05, 3.63) is 12.7 Å². The number of amides is 1. The first-order valence-corrected chi connectivity index (χ1v) is 8.16. The molecule has 2 saturated heterocycles. The smallest absolute Gasteiger partial charge is 0.222 e. The van der Waals surface area contributed by atoms with Crippen LogP contribution in [0.2, 0.25) is 0 Å². The van der Waals surface area contributed by atoms with Gasteiger partial charge in [0.15, 0.2) is 0 Å². The monoisotopic (exact) mass is 291 g/mol. The molecule has 21 heavy (non-hydrogen) atoms. The lowest BCUT2D eigenvalue weighted by Gasteiger charge is -2.38. The fourth-order valence-corrected chi connectivity index (χ4v) is 3.54. The van der Waals surface area contributed by atoms with Crippen LogP contribution >= 0.6 is 0 Å². The van der Waals surface area contributed by atoms with Gasteiger partial charge in [-0.1, -0.05) is 6.42 Å². The van der Waals surface area contributed by atoms with Gasteiger partial charge in [0.1, 0.15) is 12.7 Å². The van der Waals surface area contributed by atoms with Crippen molar-refractivity contribution in [1.29, 1.82) is 0 Å². The van der Waals surface area contributed by atoms with Crippen molar-refractivity contribution in [2.75, 3.05) is 19.6 Å². The SMILES string of the molecule is O=C(CCCn1cncn1)N1CC[C@H]2NCCCC[C@@H]2C1. The first-order valence-electron chi connectivity index (χ1n) is 8.16. The number of fused-ring (bicyclic) bond motifs is 1. The predicted octanol–water partition coefficient (Wildman–Crippen LogP) is 1.05. The molecule has 0 unspecified atom stereocenters. The third-order valence-corrected chi connectivity index (χ3v) is 4.74. The van der Waals surface area contributed by atoms with E-state index in [4.69, 9.17) is 0 Å². The fraction of sp³-hybridized carbons (Fsp3) is 0.800. The lowest BCUT2D eigenvalue weighted by molar-refractivity contribution is -0.133. The molecule has 0 spiro atoms. The molecule has 2 aliphatic rings. The zero-order valence-electron chi connectivity index (χ0n) is 12.6. The van der Waals surface area contributed by atoms with Gasteiger partial charge in [-0.2, -0.15) is 5.10 Å². The lowest BCUT2D eigenvalue weighted by Crippen LogP contribution is -2.50. The van der Waals surface area contributed by atoms with E-state index in [1.54, 1.807) is 11.0 Å². The Bertz CT molecular complexity index is 447. The molecule has 0 saturated carbocycles. The summed E-state index contributed by atoms with van der Waals surface area (Å²) in [5, 5.41) is 7.71. The molecule has 2 aliphatic heterocycles. The first-order chi connectivity index (χ1) is 10.3.